The van der Waals surface area contributed by atoms with Crippen molar-refractivity contribution in [1.82, 2.24) is 10.2 Å². The van der Waals surface area contributed by atoms with Gasteiger partial charge in [-0.1, -0.05) is 47.5 Å². The monoisotopic (exact) mass is 552 g/mol. The number of hydrogen-bond acceptors (Lipinski definition) is 6. The van der Waals surface area contributed by atoms with Gasteiger partial charge in [0.2, 0.25) is 0 Å². The molecule has 2 atom stereocenters. The second-order valence-electron chi connectivity index (χ2n) is 9.61. The summed E-state index contributed by atoms with van der Waals surface area (Å²) in [6.07, 6.45) is 0. The number of aliphatic hydroxyl groups excluding tert-OH is 1. The van der Waals surface area contributed by atoms with Crippen molar-refractivity contribution in [3.63, 3.8) is 0 Å². The molecular weight excluding hydrogens is 523 g/mol. The molecule has 0 aliphatic carbocycles. The number of nitrogens with one attached hydrogen (secondary N) is 1. The summed E-state index contributed by atoms with van der Waals surface area (Å²) in [7, 11) is 0. The molecule has 3 aromatic carbocycles. The molecule has 198 valence electrons. The van der Waals surface area contributed by atoms with Gasteiger partial charge in [0.05, 0.1) is 40.6 Å². The lowest BCUT2D eigenvalue weighted by Gasteiger charge is -2.45. The summed E-state index contributed by atoms with van der Waals surface area (Å²) >= 11 is 12.8. The van der Waals surface area contributed by atoms with Crippen molar-refractivity contribution in [1.29, 1.82) is 5.26 Å². The number of anilines is 1. The molecular formula is C29H30Cl2N4O3. The maximum atomic E-state index is 12.4. The summed E-state index contributed by atoms with van der Waals surface area (Å²) in [4.78, 5) is 16.8. The van der Waals surface area contributed by atoms with E-state index >= 15 is 0 Å². The second-order valence-corrected chi connectivity index (χ2v) is 10.5. The summed E-state index contributed by atoms with van der Waals surface area (Å²) < 4.78 is 0. The molecule has 38 heavy (non-hydrogen) atoms. The first-order chi connectivity index (χ1) is 18.2. The zero-order chi connectivity index (χ0) is 27.3. The van der Waals surface area contributed by atoms with E-state index in [4.69, 9.17) is 28.3 Å². The number of carbonyl (C=O) groups is 1. The van der Waals surface area contributed by atoms with Crippen LogP contribution in [0.15, 0.2) is 66.7 Å². The van der Waals surface area contributed by atoms with E-state index in [2.05, 4.69) is 21.2 Å². The number of hydrogen-bond donors (Lipinski definition) is 3. The van der Waals surface area contributed by atoms with Crippen LogP contribution >= 0.6 is 23.2 Å². The van der Waals surface area contributed by atoms with Crippen LogP contribution in [-0.4, -0.2) is 60.4 Å². The number of benzene rings is 3. The van der Waals surface area contributed by atoms with Gasteiger partial charge in [0.1, 0.15) is 0 Å². The lowest BCUT2D eigenvalue weighted by molar-refractivity contribution is 0.0103. The van der Waals surface area contributed by atoms with Gasteiger partial charge in [-0.15, -0.1) is 0 Å². The Morgan fingerprint density at radius 1 is 1.13 bits per heavy atom. The summed E-state index contributed by atoms with van der Waals surface area (Å²) in [6, 6.07) is 22.0. The third-order valence-electron chi connectivity index (χ3n) is 6.78. The molecule has 4 rings (SSSR count). The van der Waals surface area contributed by atoms with E-state index in [1.54, 1.807) is 37.3 Å². The van der Waals surface area contributed by atoms with Gasteiger partial charge in [0.15, 0.2) is 0 Å². The lowest BCUT2D eigenvalue weighted by Crippen LogP contribution is -2.52. The Kier molecular flexibility index (Phi) is 8.93. The molecule has 1 aliphatic rings. The van der Waals surface area contributed by atoms with Crippen molar-refractivity contribution in [3.05, 3.63) is 99.0 Å². The van der Waals surface area contributed by atoms with Gasteiger partial charge in [-0.3, -0.25) is 9.69 Å². The van der Waals surface area contributed by atoms with E-state index < -0.39 is 5.60 Å². The number of nitrogens with zero attached hydrogens (tertiary/aromatic N) is 3. The average molecular weight is 553 g/mol. The normalized spacial score (nSPS) is 17.5. The van der Waals surface area contributed by atoms with Crippen molar-refractivity contribution in [2.75, 3.05) is 44.2 Å². The van der Waals surface area contributed by atoms with Crippen LogP contribution in [0.5, 0.6) is 0 Å². The van der Waals surface area contributed by atoms with E-state index in [0.29, 0.717) is 52.9 Å². The van der Waals surface area contributed by atoms with Crippen molar-refractivity contribution in [3.8, 4) is 6.07 Å². The molecule has 0 saturated carbocycles. The summed E-state index contributed by atoms with van der Waals surface area (Å²) in [5, 5.41) is 33.5. The highest BCUT2D eigenvalue weighted by atomic mass is 35.5. The number of aliphatic hydroxyl groups is 2. The van der Waals surface area contributed by atoms with Gasteiger partial charge in [-0.05, 0) is 60.5 Å². The molecule has 0 radical (unpaired) electrons. The Balaban J connectivity index is 1.58. The third-order valence-corrected chi connectivity index (χ3v) is 7.34. The van der Waals surface area contributed by atoms with Crippen LogP contribution in [0.4, 0.5) is 5.69 Å². The Labute approximate surface area is 232 Å². The highest BCUT2D eigenvalue weighted by molar-refractivity contribution is 6.33. The Morgan fingerprint density at radius 2 is 1.89 bits per heavy atom. The van der Waals surface area contributed by atoms with Crippen LogP contribution in [-0.2, 0) is 5.60 Å². The predicted molar refractivity (Wildman–Crippen MR) is 150 cm³/mol. The van der Waals surface area contributed by atoms with Gasteiger partial charge < -0.3 is 20.4 Å². The van der Waals surface area contributed by atoms with Crippen LogP contribution in [0, 0.1) is 11.3 Å². The van der Waals surface area contributed by atoms with Gasteiger partial charge in [-0.2, -0.15) is 5.26 Å². The fourth-order valence-corrected chi connectivity index (χ4v) is 5.26. The second kappa shape index (κ2) is 12.2. The molecule has 0 bridgehead atoms. The first-order valence-electron chi connectivity index (χ1n) is 12.4. The summed E-state index contributed by atoms with van der Waals surface area (Å²) in [6.45, 7) is 4.07. The van der Waals surface area contributed by atoms with E-state index in [-0.39, 0.29) is 25.1 Å². The molecule has 1 saturated heterocycles. The maximum Gasteiger partial charge on any atom is 0.251 e. The van der Waals surface area contributed by atoms with Crippen molar-refractivity contribution in [2.45, 2.75) is 18.6 Å². The van der Waals surface area contributed by atoms with E-state index in [9.17, 15) is 15.2 Å². The number of piperazine rings is 1. The third kappa shape index (κ3) is 6.47. The number of halogens is 2. The minimum atomic E-state index is -1.22. The number of carbonyl (C=O) groups excluding carboxylic acids is 1. The summed E-state index contributed by atoms with van der Waals surface area (Å²) in [5.41, 5.74) is 2.25. The molecule has 3 N–H and O–H groups in total. The minimum absolute atomic E-state index is 0.0714. The van der Waals surface area contributed by atoms with Crippen molar-refractivity contribution >= 4 is 34.8 Å². The highest BCUT2D eigenvalue weighted by Gasteiger charge is 2.34. The predicted octanol–water partition coefficient (Wildman–Crippen LogP) is 4.36. The van der Waals surface area contributed by atoms with Crippen molar-refractivity contribution in [2.24, 2.45) is 0 Å². The molecule has 0 aromatic heterocycles. The van der Waals surface area contributed by atoms with Gasteiger partial charge in [0.25, 0.3) is 5.91 Å². The maximum absolute atomic E-state index is 12.4. The highest BCUT2D eigenvalue weighted by Crippen LogP contribution is 2.37. The van der Waals surface area contributed by atoms with Gasteiger partial charge in [-0.25, -0.2) is 0 Å². The van der Waals surface area contributed by atoms with Crippen LogP contribution in [0.1, 0.15) is 40.0 Å². The number of β-amino-alcohol motifs (C(OH)–C–C–N with tert-alkyl or cyclic N) is 1. The SMILES string of the molecule is C[C@@](O)(CN1CCN(c2ccc(C#N)cc2Cl)C(c2ccc(Cl)cc2)C1)c1cccc(C(=O)NCCO)c1. The fraction of sp³-hybridized carbons (Fsp3) is 0.310. The Morgan fingerprint density at radius 3 is 2.58 bits per heavy atom. The fourth-order valence-electron chi connectivity index (χ4n) is 4.84. The van der Waals surface area contributed by atoms with Crippen LogP contribution in [0.3, 0.4) is 0 Å². The van der Waals surface area contributed by atoms with E-state index in [0.717, 1.165) is 11.3 Å². The molecule has 1 fully saturated rings. The first kappa shape index (κ1) is 27.9. The van der Waals surface area contributed by atoms with E-state index in [1.807, 2.05) is 36.4 Å². The molecule has 1 amide bonds. The standard InChI is InChI=1S/C29H30Cl2N4O3/c1-29(38,23-4-2-3-22(16-23)28(37)33-11-14-36)19-34-12-13-35(26-10-5-20(17-32)15-25(26)31)27(18-34)21-6-8-24(30)9-7-21/h2-10,15-16,27,36,38H,11-14,18-19H2,1H3,(H,33,37)/t27?,29-/m1/s1. The Hall–Kier alpha value is -3.12. The van der Waals surface area contributed by atoms with E-state index in [1.165, 1.54) is 0 Å². The lowest BCUT2D eigenvalue weighted by atomic mass is 9.92. The molecule has 1 heterocycles. The smallest absolute Gasteiger partial charge is 0.251 e. The zero-order valence-corrected chi connectivity index (χ0v) is 22.6. The van der Waals surface area contributed by atoms with Crippen LogP contribution < -0.4 is 10.2 Å². The molecule has 0 spiro atoms. The summed E-state index contributed by atoms with van der Waals surface area (Å²) in [5.74, 6) is -0.299. The quantitative estimate of drug-likeness (QED) is 0.384. The largest absolute Gasteiger partial charge is 0.395 e. The minimum Gasteiger partial charge on any atom is -0.395 e. The molecule has 1 aliphatic heterocycles. The molecule has 3 aromatic rings. The van der Waals surface area contributed by atoms with Gasteiger partial charge >= 0.3 is 0 Å². The Bertz CT molecular complexity index is 1320. The molecule has 9 heteroatoms. The number of amides is 1. The topological polar surface area (TPSA) is 99.8 Å². The van der Waals surface area contributed by atoms with Crippen molar-refractivity contribution < 1.29 is 15.0 Å². The molecule has 7 nitrogen and oxygen atoms in total. The molecule has 1 unspecified atom stereocenters. The first-order valence-corrected chi connectivity index (χ1v) is 13.1. The number of rotatable bonds is 8. The zero-order valence-electron chi connectivity index (χ0n) is 21.1. The number of nitriles is 1. The average Bonchev–Trinajstić information content (AvgIpc) is 2.92. The van der Waals surface area contributed by atoms with Crippen LogP contribution in [0.25, 0.3) is 0 Å². The van der Waals surface area contributed by atoms with Crippen LogP contribution in [0.2, 0.25) is 10.0 Å². The van der Waals surface area contributed by atoms with Gasteiger partial charge in [0, 0.05) is 43.3 Å².